The van der Waals surface area contributed by atoms with E-state index >= 15 is 0 Å². The molecule has 1 aromatic rings. The average Bonchev–Trinajstić information content (AvgIpc) is 3.22. The van der Waals surface area contributed by atoms with Gasteiger partial charge in [-0.25, -0.2) is 0 Å². The van der Waals surface area contributed by atoms with Crippen molar-refractivity contribution in [2.75, 3.05) is 32.7 Å². The first-order valence-electron chi connectivity index (χ1n) is 8.45. The summed E-state index contributed by atoms with van der Waals surface area (Å²) in [5.74, 6) is 1.00. The van der Waals surface area contributed by atoms with Gasteiger partial charge in [-0.3, -0.25) is 4.90 Å². The summed E-state index contributed by atoms with van der Waals surface area (Å²) in [6.45, 7) is 10.5. The Kier molecular flexibility index (Phi) is 4.99. The second kappa shape index (κ2) is 6.78. The molecule has 2 unspecified atom stereocenters. The van der Waals surface area contributed by atoms with E-state index in [0.717, 1.165) is 12.3 Å². The highest BCUT2D eigenvalue weighted by Crippen LogP contribution is 2.34. The largest absolute Gasteiger partial charge is 0.326 e. The molecule has 1 aliphatic heterocycles. The van der Waals surface area contributed by atoms with Crippen molar-refractivity contribution in [1.29, 1.82) is 0 Å². The van der Waals surface area contributed by atoms with Crippen LogP contribution in [0.2, 0.25) is 0 Å². The molecule has 2 aliphatic rings. The number of aryl methyl sites for hydroxylation is 1. The van der Waals surface area contributed by atoms with E-state index in [-0.39, 0.29) is 6.04 Å². The highest BCUT2D eigenvalue weighted by atomic mass is 32.1. The predicted octanol–water partition coefficient (Wildman–Crippen LogP) is 2.86. The van der Waals surface area contributed by atoms with Crippen molar-refractivity contribution in [3.63, 3.8) is 0 Å². The number of nitrogens with two attached hydrogens (primary N) is 1. The van der Waals surface area contributed by atoms with Gasteiger partial charge in [0.25, 0.3) is 0 Å². The number of hydrogen-bond donors (Lipinski definition) is 1. The van der Waals surface area contributed by atoms with Gasteiger partial charge < -0.3 is 10.6 Å². The maximum absolute atomic E-state index is 6.48. The zero-order valence-corrected chi connectivity index (χ0v) is 14.2. The Morgan fingerprint density at radius 1 is 1.29 bits per heavy atom. The van der Waals surface area contributed by atoms with Crippen LogP contribution in [0, 0.1) is 12.8 Å². The van der Waals surface area contributed by atoms with E-state index in [2.05, 4.69) is 35.1 Å². The molecule has 2 atom stereocenters. The molecule has 4 heteroatoms. The van der Waals surface area contributed by atoms with Gasteiger partial charge in [0.2, 0.25) is 0 Å². The summed E-state index contributed by atoms with van der Waals surface area (Å²) < 4.78 is 0. The fourth-order valence-corrected chi connectivity index (χ4v) is 4.57. The minimum Gasteiger partial charge on any atom is -0.326 e. The summed E-state index contributed by atoms with van der Waals surface area (Å²) in [5.41, 5.74) is 7.90. The maximum atomic E-state index is 6.48. The fraction of sp³-hybridized carbons (Fsp3) is 0.765. The normalized spacial score (nSPS) is 24.1. The van der Waals surface area contributed by atoms with E-state index in [0.29, 0.717) is 6.04 Å². The molecule has 1 saturated heterocycles. The number of piperazine rings is 1. The molecule has 3 nitrogen and oxygen atoms in total. The van der Waals surface area contributed by atoms with Crippen LogP contribution in [0.15, 0.2) is 11.4 Å². The Labute approximate surface area is 133 Å². The lowest BCUT2D eigenvalue weighted by Crippen LogP contribution is -2.51. The van der Waals surface area contributed by atoms with Crippen molar-refractivity contribution in [3.05, 3.63) is 21.9 Å². The lowest BCUT2D eigenvalue weighted by atomic mass is 10.00. The lowest BCUT2D eigenvalue weighted by Gasteiger charge is -2.41. The second-order valence-electron chi connectivity index (χ2n) is 6.76. The molecule has 1 aromatic heterocycles. The van der Waals surface area contributed by atoms with Gasteiger partial charge in [-0.05, 0) is 49.1 Å². The SMILES string of the molecule is CCC(N)C(c1sccc1C)N1CCN(CC2CC2)CC1. The number of nitrogens with zero attached hydrogens (tertiary/aromatic N) is 2. The van der Waals surface area contributed by atoms with Crippen LogP contribution < -0.4 is 5.73 Å². The van der Waals surface area contributed by atoms with Gasteiger partial charge in [-0.15, -0.1) is 11.3 Å². The van der Waals surface area contributed by atoms with Gasteiger partial charge in [-0.2, -0.15) is 0 Å². The van der Waals surface area contributed by atoms with Gasteiger partial charge >= 0.3 is 0 Å². The van der Waals surface area contributed by atoms with Crippen molar-refractivity contribution >= 4 is 11.3 Å². The third-order valence-corrected chi connectivity index (χ3v) is 6.15. The van der Waals surface area contributed by atoms with Crippen LogP contribution in [0.4, 0.5) is 0 Å². The third kappa shape index (κ3) is 3.67. The van der Waals surface area contributed by atoms with Crippen LogP contribution in [0.1, 0.15) is 42.7 Å². The quantitative estimate of drug-likeness (QED) is 0.877. The Balaban J connectivity index is 1.65. The zero-order chi connectivity index (χ0) is 14.8. The van der Waals surface area contributed by atoms with Crippen LogP contribution >= 0.6 is 11.3 Å². The first-order chi connectivity index (χ1) is 10.2. The molecule has 0 bridgehead atoms. The number of rotatable bonds is 6. The van der Waals surface area contributed by atoms with E-state index in [1.807, 2.05) is 11.3 Å². The third-order valence-electron chi connectivity index (χ3n) is 5.06. The molecule has 2 N–H and O–H groups in total. The molecule has 0 radical (unpaired) electrons. The monoisotopic (exact) mass is 307 g/mol. The van der Waals surface area contributed by atoms with Crippen molar-refractivity contribution in [2.24, 2.45) is 11.7 Å². The topological polar surface area (TPSA) is 32.5 Å². The standard InChI is InChI=1S/C17H29N3S/c1-3-15(18)16(17-13(2)6-11-21-17)20-9-7-19(8-10-20)12-14-4-5-14/h6,11,14-16H,3-5,7-10,12,18H2,1-2H3. The Morgan fingerprint density at radius 2 is 2.00 bits per heavy atom. The van der Waals surface area contributed by atoms with Gasteiger partial charge in [0.1, 0.15) is 0 Å². The van der Waals surface area contributed by atoms with E-state index in [1.165, 1.54) is 56.0 Å². The summed E-state index contributed by atoms with van der Waals surface area (Å²) in [5, 5.41) is 2.21. The lowest BCUT2D eigenvalue weighted by molar-refractivity contribution is 0.0823. The van der Waals surface area contributed by atoms with Crippen molar-refractivity contribution < 1.29 is 0 Å². The summed E-state index contributed by atoms with van der Waals surface area (Å²) in [6, 6.07) is 2.90. The van der Waals surface area contributed by atoms with Crippen LogP contribution in [-0.2, 0) is 0 Å². The highest BCUT2D eigenvalue weighted by molar-refractivity contribution is 7.10. The molecule has 3 rings (SSSR count). The van der Waals surface area contributed by atoms with Crippen molar-refractivity contribution in [1.82, 2.24) is 9.80 Å². The van der Waals surface area contributed by atoms with Gasteiger partial charge in [0, 0.05) is 43.6 Å². The van der Waals surface area contributed by atoms with E-state index in [1.54, 1.807) is 0 Å². The number of thiophene rings is 1. The minimum atomic E-state index is 0.248. The smallest absolute Gasteiger partial charge is 0.0596 e. The number of hydrogen-bond acceptors (Lipinski definition) is 4. The Morgan fingerprint density at radius 3 is 2.52 bits per heavy atom. The summed E-state index contributed by atoms with van der Waals surface area (Å²) in [7, 11) is 0. The molecule has 118 valence electrons. The first-order valence-corrected chi connectivity index (χ1v) is 9.33. The van der Waals surface area contributed by atoms with Crippen LogP contribution in [0.5, 0.6) is 0 Å². The summed E-state index contributed by atoms with van der Waals surface area (Å²) in [6.07, 6.45) is 3.96. The molecule has 21 heavy (non-hydrogen) atoms. The molecule has 1 aliphatic carbocycles. The first kappa shape index (κ1) is 15.5. The molecular weight excluding hydrogens is 278 g/mol. The van der Waals surface area contributed by atoms with Crippen LogP contribution in [0.3, 0.4) is 0 Å². The molecule has 2 fully saturated rings. The molecule has 1 saturated carbocycles. The summed E-state index contributed by atoms with van der Waals surface area (Å²) in [4.78, 5) is 6.78. The van der Waals surface area contributed by atoms with Gasteiger partial charge in [-0.1, -0.05) is 6.92 Å². The minimum absolute atomic E-state index is 0.248. The molecular formula is C17H29N3S. The Bertz CT molecular complexity index is 447. The summed E-state index contributed by atoms with van der Waals surface area (Å²) >= 11 is 1.88. The van der Waals surface area contributed by atoms with Crippen molar-refractivity contribution in [3.8, 4) is 0 Å². The van der Waals surface area contributed by atoms with Crippen molar-refractivity contribution in [2.45, 2.75) is 45.2 Å². The van der Waals surface area contributed by atoms with E-state index < -0.39 is 0 Å². The molecule has 0 amide bonds. The van der Waals surface area contributed by atoms with Crippen LogP contribution in [-0.4, -0.2) is 48.6 Å². The molecule has 2 heterocycles. The molecule has 0 spiro atoms. The van der Waals surface area contributed by atoms with E-state index in [4.69, 9.17) is 5.73 Å². The zero-order valence-electron chi connectivity index (χ0n) is 13.4. The maximum Gasteiger partial charge on any atom is 0.0596 e. The van der Waals surface area contributed by atoms with E-state index in [9.17, 15) is 0 Å². The highest BCUT2D eigenvalue weighted by Gasteiger charge is 2.32. The second-order valence-corrected chi connectivity index (χ2v) is 7.71. The van der Waals surface area contributed by atoms with Gasteiger partial charge in [0.05, 0.1) is 6.04 Å². The Hall–Kier alpha value is -0.420. The van der Waals surface area contributed by atoms with Crippen LogP contribution in [0.25, 0.3) is 0 Å². The van der Waals surface area contributed by atoms with Gasteiger partial charge in [0.15, 0.2) is 0 Å². The fourth-order valence-electron chi connectivity index (χ4n) is 3.43. The molecule has 0 aromatic carbocycles. The average molecular weight is 308 g/mol. The predicted molar refractivity (Wildman–Crippen MR) is 90.8 cm³/mol.